The van der Waals surface area contributed by atoms with Gasteiger partial charge in [0.2, 0.25) is 5.78 Å². The van der Waals surface area contributed by atoms with E-state index in [0.29, 0.717) is 10.4 Å². The molecule has 0 aliphatic carbocycles. The lowest BCUT2D eigenvalue weighted by atomic mass is 9.90. The summed E-state index contributed by atoms with van der Waals surface area (Å²) in [4.78, 5) is 17.1. The molecule has 2 aromatic heterocycles. The van der Waals surface area contributed by atoms with Crippen LogP contribution in [0.2, 0.25) is 0 Å². The molecular formula is C13H15N3OS. The molecule has 18 heavy (non-hydrogen) atoms. The van der Waals surface area contributed by atoms with Crippen molar-refractivity contribution >= 4 is 17.3 Å². The third-order valence-electron chi connectivity index (χ3n) is 2.58. The van der Waals surface area contributed by atoms with Gasteiger partial charge in [-0.3, -0.25) is 9.78 Å². The molecule has 0 spiro atoms. The van der Waals surface area contributed by atoms with Crippen LogP contribution in [0.5, 0.6) is 0 Å². The van der Waals surface area contributed by atoms with Crippen LogP contribution in [0.15, 0.2) is 18.3 Å². The highest BCUT2D eigenvalue weighted by atomic mass is 32.1. The van der Waals surface area contributed by atoms with Gasteiger partial charge >= 0.3 is 0 Å². The van der Waals surface area contributed by atoms with Crippen LogP contribution in [0.3, 0.4) is 0 Å². The van der Waals surface area contributed by atoms with Crippen molar-refractivity contribution in [2.45, 2.75) is 33.1 Å². The molecule has 0 radical (unpaired) electrons. The number of hydrogen-bond acceptors (Lipinski definition) is 5. The summed E-state index contributed by atoms with van der Waals surface area (Å²) in [5, 5.41) is 4.08. The molecule has 5 heteroatoms. The van der Waals surface area contributed by atoms with Gasteiger partial charge in [0, 0.05) is 22.9 Å². The lowest BCUT2D eigenvalue weighted by Gasteiger charge is -2.15. The average Bonchev–Trinajstić information content (AvgIpc) is 2.77. The number of carbonyl (C=O) groups excluding carboxylic acids is 1. The van der Waals surface area contributed by atoms with E-state index >= 15 is 0 Å². The maximum absolute atomic E-state index is 12.4. The first-order valence-corrected chi connectivity index (χ1v) is 6.47. The molecule has 4 nitrogen and oxygen atoms in total. The summed E-state index contributed by atoms with van der Waals surface area (Å²) in [5.74, 6) is -0.0533. The second-order valence-electron chi connectivity index (χ2n) is 5.22. The van der Waals surface area contributed by atoms with E-state index in [4.69, 9.17) is 0 Å². The highest BCUT2D eigenvalue weighted by Gasteiger charge is 2.26. The molecule has 0 atom stereocenters. The standard InChI is InChI=1S/C13H15N3OS/c1-8-5-6-9(7-14-8)10(17)11-12(13(2,3)4)15-16-18-11/h5-7H,1-4H3. The first kappa shape index (κ1) is 12.8. The summed E-state index contributed by atoms with van der Waals surface area (Å²) in [5.41, 5.74) is 2.04. The van der Waals surface area contributed by atoms with Crippen LogP contribution in [-0.2, 0) is 5.41 Å². The van der Waals surface area contributed by atoms with E-state index in [-0.39, 0.29) is 11.2 Å². The van der Waals surface area contributed by atoms with Crippen LogP contribution < -0.4 is 0 Å². The van der Waals surface area contributed by atoms with E-state index in [2.05, 4.69) is 14.6 Å². The maximum atomic E-state index is 12.4. The van der Waals surface area contributed by atoms with E-state index in [1.54, 1.807) is 12.3 Å². The van der Waals surface area contributed by atoms with Crippen molar-refractivity contribution in [1.29, 1.82) is 0 Å². The van der Waals surface area contributed by atoms with Gasteiger partial charge in [0.25, 0.3) is 0 Å². The van der Waals surface area contributed by atoms with Crippen LogP contribution in [-0.4, -0.2) is 20.4 Å². The van der Waals surface area contributed by atoms with Gasteiger partial charge in [-0.15, -0.1) is 5.10 Å². The molecule has 0 saturated heterocycles. The van der Waals surface area contributed by atoms with Gasteiger partial charge in [-0.05, 0) is 30.6 Å². The van der Waals surface area contributed by atoms with Crippen molar-refractivity contribution < 1.29 is 4.79 Å². The monoisotopic (exact) mass is 261 g/mol. The third-order valence-corrected chi connectivity index (χ3v) is 3.30. The Morgan fingerprint density at radius 3 is 2.56 bits per heavy atom. The smallest absolute Gasteiger partial charge is 0.208 e. The lowest BCUT2D eigenvalue weighted by Crippen LogP contribution is -2.16. The number of aromatic nitrogens is 3. The lowest BCUT2D eigenvalue weighted by molar-refractivity contribution is 0.104. The van der Waals surface area contributed by atoms with Crippen molar-refractivity contribution in [1.82, 2.24) is 14.6 Å². The Bertz CT molecular complexity index is 567. The Morgan fingerprint density at radius 2 is 2.00 bits per heavy atom. The molecule has 2 aromatic rings. The van der Waals surface area contributed by atoms with Crippen LogP contribution in [0.4, 0.5) is 0 Å². The molecule has 94 valence electrons. The van der Waals surface area contributed by atoms with E-state index in [1.807, 2.05) is 33.8 Å². The van der Waals surface area contributed by atoms with Gasteiger partial charge in [-0.25, -0.2) is 0 Å². The van der Waals surface area contributed by atoms with E-state index in [1.165, 1.54) is 0 Å². The van der Waals surface area contributed by atoms with Gasteiger partial charge in [0.05, 0.1) is 5.69 Å². The number of ketones is 1. The summed E-state index contributed by atoms with van der Waals surface area (Å²) in [7, 11) is 0. The summed E-state index contributed by atoms with van der Waals surface area (Å²) in [6.45, 7) is 7.96. The van der Waals surface area contributed by atoms with E-state index < -0.39 is 0 Å². The highest BCUT2D eigenvalue weighted by Crippen LogP contribution is 2.27. The normalized spacial score (nSPS) is 11.6. The van der Waals surface area contributed by atoms with Crippen molar-refractivity contribution in [3.05, 3.63) is 40.2 Å². The summed E-state index contributed by atoms with van der Waals surface area (Å²) < 4.78 is 3.90. The van der Waals surface area contributed by atoms with Crippen molar-refractivity contribution in [2.75, 3.05) is 0 Å². The zero-order chi connectivity index (χ0) is 13.3. The van der Waals surface area contributed by atoms with Gasteiger partial charge in [0.15, 0.2) is 0 Å². The second-order valence-corrected chi connectivity index (χ2v) is 5.97. The number of nitrogens with zero attached hydrogens (tertiary/aromatic N) is 3. The quantitative estimate of drug-likeness (QED) is 0.780. The van der Waals surface area contributed by atoms with Crippen molar-refractivity contribution in [3.8, 4) is 0 Å². The molecule has 0 aliphatic rings. The van der Waals surface area contributed by atoms with Crippen molar-refractivity contribution in [3.63, 3.8) is 0 Å². The van der Waals surface area contributed by atoms with Crippen LogP contribution in [0.25, 0.3) is 0 Å². The number of rotatable bonds is 2. The Hall–Kier alpha value is -1.62. The number of pyridine rings is 1. The topological polar surface area (TPSA) is 55.7 Å². The molecule has 0 saturated carbocycles. The zero-order valence-corrected chi connectivity index (χ0v) is 11.7. The number of aryl methyl sites for hydroxylation is 1. The molecule has 0 N–H and O–H groups in total. The first-order valence-electron chi connectivity index (χ1n) is 5.70. The molecule has 0 bridgehead atoms. The molecule has 2 rings (SSSR count). The molecule has 0 aliphatic heterocycles. The van der Waals surface area contributed by atoms with E-state index in [0.717, 1.165) is 22.9 Å². The summed E-state index contributed by atoms with van der Waals surface area (Å²) >= 11 is 1.15. The Balaban J connectivity index is 2.41. The van der Waals surface area contributed by atoms with Crippen LogP contribution >= 0.6 is 11.5 Å². The van der Waals surface area contributed by atoms with Gasteiger partial charge < -0.3 is 0 Å². The molecule has 0 aromatic carbocycles. The molecule has 0 fully saturated rings. The fraction of sp³-hybridized carbons (Fsp3) is 0.385. The molecule has 0 amide bonds. The number of carbonyl (C=O) groups is 1. The van der Waals surface area contributed by atoms with E-state index in [9.17, 15) is 4.79 Å². The fourth-order valence-corrected chi connectivity index (χ4v) is 2.40. The predicted molar refractivity (Wildman–Crippen MR) is 71.0 cm³/mol. The second kappa shape index (κ2) is 4.57. The van der Waals surface area contributed by atoms with Gasteiger partial charge in [0.1, 0.15) is 4.88 Å². The SMILES string of the molecule is Cc1ccc(C(=O)c2snnc2C(C)(C)C)cn1. The van der Waals surface area contributed by atoms with Gasteiger partial charge in [-0.1, -0.05) is 25.3 Å². The third kappa shape index (κ3) is 2.46. The minimum absolute atomic E-state index is 0.0533. The molecular weight excluding hydrogens is 246 g/mol. The average molecular weight is 261 g/mol. The Morgan fingerprint density at radius 1 is 1.28 bits per heavy atom. The molecule has 2 heterocycles. The van der Waals surface area contributed by atoms with Gasteiger partial charge in [-0.2, -0.15) is 0 Å². The minimum atomic E-state index is -0.184. The highest BCUT2D eigenvalue weighted by molar-refractivity contribution is 7.08. The zero-order valence-electron chi connectivity index (χ0n) is 10.9. The predicted octanol–water partition coefficient (Wildman–Crippen LogP) is 2.77. The number of hydrogen-bond donors (Lipinski definition) is 0. The maximum Gasteiger partial charge on any atom is 0.208 e. The summed E-state index contributed by atoms with van der Waals surface area (Å²) in [6.07, 6.45) is 1.60. The van der Waals surface area contributed by atoms with Crippen molar-refractivity contribution in [2.24, 2.45) is 0 Å². The molecule has 0 unspecified atom stereocenters. The van der Waals surface area contributed by atoms with Crippen LogP contribution in [0, 0.1) is 6.92 Å². The Kier molecular flexibility index (Phi) is 3.26. The fourth-order valence-electron chi connectivity index (χ4n) is 1.56. The summed E-state index contributed by atoms with van der Waals surface area (Å²) in [6, 6.07) is 3.62. The minimum Gasteiger partial charge on any atom is -0.287 e. The Labute approximate surface area is 110 Å². The first-order chi connectivity index (χ1) is 8.39. The van der Waals surface area contributed by atoms with Crippen LogP contribution in [0.1, 0.15) is 47.4 Å². The largest absolute Gasteiger partial charge is 0.287 e.